The highest BCUT2D eigenvalue weighted by atomic mass is 79.9. The lowest BCUT2D eigenvalue weighted by atomic mass is 10.0. The molecule has 1 N–H and O–H groups in total. The molecule has 1 unspecified atom stereocenters. The maximum Gasteiger partial charge on any atom is 0.125 e. The number of rotatable bonds is 5. The Bertz CT molecular complexity index is 600. The number of methoxy groups -OCH3 is 1. The summed E-state index contributed by atoms with van der Waals surface area (Å²) in [6.45, 7) is 2.98. The molecule has 6 heteroatoms. The van der Waals surface area contributed by atoms with E-state index in [2.05, 4.69) is 72.2 Å². The zero-order valence-corrected chi connectivity index (χ0v) is 16.6. The van der Waals surface area contributed by atoms with Gasteiger partial charge in [0.15, 0.2) is 0 Å². The zero-order valence-electron chi connectivity index (χ0n) is 11.0. The average molecular weight is 484 g/mol. The molecule has 2 rings (SSSR count). The lowest BCUT2D eigenvalue weighted by Crippen LogP contribution is -2.22. The van der Waals surface area contributed by atoms with Gasteiger partial charge in [-0.05, 0) is 62.2 Å². The first kappa shape index (κ1) is 16.5. The summed E-state index contributed by atoms with van der Waals surface area (Å²) in [6, 6.07) is 8.37. The Morgan fingerprint density at radius 3 is 2.50 bits per heavy atom. The summed E-state index contributed by atoms with van der Waals surface area (Å²) in [5.74, 6) is 0.875. The second kappa shape index (κ2) is 7.40. The molecule has 0 spiro atoms. The number of thiophene rings is 1. The highest BCUT2D eigenvalue weighted by molar-refractivity contribution is 9.12. The van der Waals surface area contributed by atoms with Crippen molar-refractivity contribution in [3.8, 4) is 5.75 Å². The van der Waals surface area contributed by atoms with Crippen LogP contribution in [0.25, 0.3) is 0 Å². The van der Waals surface area contributed by atoms with Crippen LogP contribution in [0.4, 0.5) is 0 Å². The van der Waals surface area contributed by atoms with Gasteiger partial charge in [0.2, 0.25) is 0 Å². The van der Waals surface area contributed by atoms with Gasteiger partial charge in [-0.15, -0.1) is 11.3 Å². The van der Waals surface area contributed by atoms with Crippen LogP contribution in [0.2, 0.25) is 0 Å². The van der Waals surface area contributed by atoms with Crippen molar-refractivity contribution in [3.63, 3.8) is 0 Å². The Morgan fingerprint density at radius 1 is 1.20 bits per heavy atom. The van der Waals surface area contributed by atoms with Crippen LogP contribution in [-0.4, -0.2) is 13.7 Å². The van der Waals surface area contributed by atoms with E-state index in [1.54, 1.807) is 18.4 Å². The van der Waals surface area contributed by atoms with Crippen LogP contribution >= 0.6 is 59.1 Å². The third-order valence-electron chi connectivity index (χ3n) is 2.91. The van der Waals surface area contributed by atoms with Crippen LogP contribution in [0.1, 0.15) is 24.1 Å². The number of hydrogen-bond acceptors (Lipinski definition) is 3. The van der Waals surface area contributed by atoms with Crippen molar-refractivity contribution in [2.75, 3.05) is 13.7 Å². The number of hydrogen-bond donors (Lipinski definition) is 1. The summed E-state index contributed by atoms with van der Waals surface area (Å²) in [5, 5.41) is 3.52. The van der Waals surface area contributed by atoms with Crippen LogP contribution < -0.4 is 10.1 Å². The van der Waals surface area contributed by atoms with Crippen LogP contribution in [0.3, 0.4) is 0 Å². The van der Waals surface area contributed by atoms with E-state index in [0.29, 0.717) is 0 Å². The van der Waals surface area contributed by atoms with Gasteiger partial charge in [-0.3, -0.25) is 0 Å². The monoisotopic (exact) mass is 481 g/mol. The van der Waals surface area contributed by atoms with Crippen molar-refractivity contribution in [3.05, 3.63) is 47.4 Å². The van der Waals surface area contributed by atoms with Gasteiger partial charge in [-0.2, -0.15) is 0 Å². The topological polar surface area (TPSA) is 21.3 Å². The van der Waals surface area contributed by atoms with E-state index >= 15 is 0 Å². The molecule has 1 heterocycles. The predicted octanol–water partition coefficient (Wildman–Crippen LogP) is 5.74. The second-order valence-electron chi connectivity index (χ2n) is 4.16. The molecule has 0 saturated carbocycles. The lowest BCUT2D eigenvalue weighted by molar-refractivity contribution is 0.404. The van der Waals surface area contributed by atoms with Gasteiger partial charge in [-0.25, -0.2) is 0 Å². The van der Waals surface area contributed by atoms with Crippen LogP contribution in [-0.2, 0) is 0 Å². The van der Waals surface area contributed by atoms with E-state index < -0.39 is 0 Å². The highest BCUT2D eigenvalue weighted by Crippen LogP contribution is 2.40. The number of ether oxygens (including phenoxy) is 1. The Morgan fingerprint density at radius 2 is 1.95 bits per heavy atom. The van der Waals surface area contributed by atoms with Crippen molar-refractivity contribution in [2.45, 2.75) is 13.0 Å². The summed E-state index contributed by atoms with van der Waals surface area (Å²) in [5.41, 5.74) is 2.34. The van der Waals surface area contributed by atoms with Crippen LogP contribution in [0.15, 0.2) is 36.3 Å². The Hall–Kier alpha value is 0.120. The molecule has 2 nitrogen and oxygen atoms in total. The molecule has 0 bridgehead atoms. The standard InChI is InChI=1S/C14H14Br3NOS/c1-3-18-13(10-7-12(16)20-14(10)17)9-5-4-8(15)6-11(9)19-2/h4-7,13,18H,3H2,1-2H3. The minimum absolute atomic E-state index is 0.0972. The van der Waals surface area contributed by atoms with E-state index in [1.807, 2.05) is 12.1 Å². The molecule has 1 atom stereocenters. The van der Waals surface area contributed by atoms with Gasteiger partial charge in [0.25, 0.3) is 0 Å². The smallest absolute Gasteiger partial charge is 0.125 e. The Labute approximate surface area is 148 Å². The maximum atomic E-state index is 5.53. The van der Waals surface area contributed by atoms with E-state index in [-0.39, 0.29) is 6.04 Å². The third-order valence-corrected chi connectivity index (χ3v) is 5.79. The Balaban J connectivity index is 2.51. The molecule has 0 aliphatic carbocycles. The summed E-state index contributed by atoms with van der Waals surface area (Å²) in [4.78, 5) is 0. The SMILES string of the molecule is CCNC(c1ccc(Br)cc1OC)c1cc(Br)sc1Br. The number of nitrogens with one attached hydrogen (secondary N) is 1. The molecule has 2 aromatic rings. The van der Waals surface area contributed by atoms with Crippen molar-refractivity contribution in [2.24, 2.45) is 0 Å². The molecule has 1 aromatic heterocycles. The molecule has 0 aliphatic rings. The summed E-state index contributed by atoms with van der Waals surface area (Å²) >= 11 is 12.4. The van der Waals surface area contributed by atoms with Crippen molar-refractivity contribution >= 4 is 59.1 Å². The molecular weight excluding hydrogens is 470 g/mol. The van der Waals surface area contributed by atoms with Crippen LogP contribution in [0, 0.1) is 0 Å². The minimum atomic E-state index is 0.0972. The minimum Gasteiger partial charge on any atom is -0.496 e. The summed E-state index contributed by atoms with van der Waals surface area (Å²) < 4.78 is 8.78. The maximum absolute atomic E-state index is 5.53. The van der Waals surface area contributed by atoms with Gasteiger partial charge in [0.05, 0.1) is 20.7 Å². The lowest BCUT2D eigenvalue weighted by Gasteiger charge is -2.21. The molecule has 0 amide bonds. The van der Waals surface area contributed by atoms with E-state index in [0.717, 1.165) is 29.9 Å². The highest BCUT2D eigenvalue weighted by Gasteiger charge is 2.21. The predicted molar refractivity (Wildman–Crippen MR) is 95.9 cm³/mol. The fourth-order valence-corrected chi connectivity index (χ4v) is 5.31. The van der Waals surface area contributed by atoms with Crippen molar-refractivity contribution in [1.82, 2.24) is 5.32 Å². The van der Waals surface area contributed by atoms with Gasteiger partial charge in [-0.1, -0.05) is 28.9 Å². The van der Waals surface area contributed by atoms with E-state index in [1.165, 1.54) is 5.56 Å². The molecule has 0 saturated heterocycles. The molecule has 0 fully saturated rings. The van der Waals surface area contributed by atoms with Crippen molar-refractivity contribution < 1.29 is 4.74 Å². The summed E-state index contributed by atoms with van der Waals surface area (Å²) in [7, 11) is 1.70. The number of benzene rings is 1. The average Bonchev–Trinajstić information content (AvgIpc) is 2.75. The second-order valence-corrected chi connectivity index (χ2v) is 8.82. The van der Waals surface area contributed by atoms with Gasteiger partial charge >= 0.3 is 0 Å². The fraction of sp³-hybridized carbons (Fsp3) is 0.286. The molecule has 20 heavy (non-hydrogen) atoms. The largest absolute Gasteiger partial charge is 0.496 e. The fourth-order valence-electron chi connectivity index (χ4n) is 2.06. The van der Waals surface area contributed by atoms with E-state index in [4.69, 9.17) is 4.74 Å². The van der Waals surface area contributed by atoms with Gasteiger partial charge in [0.1, 0.15) is 5.75 Å². The molecule has 0 aliphatic heterocycles. The first-order chi connectivity index (χ1) is 9.56. The molecule has 0 radical (unpaired) electrons. The van der Waals surface area contributed by atoms with Crippen LogP contribution in [0.5, 0.6) is 5.75 Å². The molecular formula is C14H14Br3NOS. The normalized spacial score (nSPS) is 12.4. The van der Waals surface area contributed by atoms with Gasteiger partial charge < -0.3 is 10.1 Å². The molecule has 108 valence electrons. The third kappa shape index (κ3) is 3.65. The Kier molecular flexibility index (Phi) is 6.10. The zero-order chi connectivity index (χ0) is 14.7. The summed E-state index contributed by atoms with van der Waals surface area (Å²) in [6.07, 6.45) is 0. The first-order valence-corrected chi connectivity index (χ1v) is 9.28. The van der Waals surface area contributed by atoms with E-state index in [9.17, 15) is 0 Å². The first-order valence-electron chi connectivity index (χ1n) is 6.08. The number of halogens is 3. The quantitative estimate of drug-likeness (QED) is 0.585. The van der Waals surface area contributed by atoms with Gasteiger partial charge in [0, 0.05) is 10.0 Å². The molecule has 1 aromatic carbocycles. The van der Waals surface area contributed by atoms with Crippen molar-refractivity contribution in [1.29, 1.82) is 0 Å².